The average Bonchev–Trinajstić information content (AvgIpc) is 3.69. The third kappa shape index (κ3) is 5.88. The van der Waals surface area contributed by atoms with E-state index in [9.17, 15) is 0 Å². The van der Waals surface area contributed by atoms with Crippen molar-refractivity contribution in [3.8, 4) is 39.1 Å². The van der Waals surface area contributed by atoms with Crippen LogP contribution >= 0.6 is 0 Å². The van der Waals surface area contributed by atoms with E-state index in [2.05, 4.69) is 252 Å². The number of fused-ring (bicyclic) bond motifs is 8. The maximum Gasteiger partial charge on any atom is 0.0547 e. The summed E-state index contributed by atoms with van der Waals surface area (Å²) in [5.41, 5.74) is 13.8. The summed E-state index contributed by atoms with van der Waals surface area (Å²) in [5.74, 6) is 0. The van der Waals surface area contributed by atoms with Gasteiger partial charge < -0.3 is 9.47 Å². The number of rotatable bonds is 7. The minimum absolute atomic E-state index is 1.08. The highest BCUT2D eigenvalue weighted by molar-refractivity contribution is 6.21. The molecule has 0 bridgehead atoms. The number of benzene rings is 11. The van der Waals surface area contributed by atoms with Gasteiger partial charge in [0.25, 0.3) is 0 Å². The second-order valence-corrected chi connectivity index (χ2v) is 16.1. The van der Waals surface area contributed by atoms with Crippen LogP contribution < -0.4 is 4.90 Å². The zero-order valence-electron chi connectivity index (χ0n) is 34.0. The fraction of sp³-hybridized carbons (Fsp3) is 0. The Labute approximate surface area is 360 Å². The summed E-state index contributed by atoms with van der Waals surface area (Å²) in [5, 5.41) is 10.1. The summed E-state index contributed by atoms with van der Waals surface area (Å²) in [6.45, 7) is 0. The van der Waals surface area contributed by atoms with Crippen LogP contribution in [-0.4, -0.2) is 4.57 Å². The van der Waals surface area contributed by atoms with E-state index in [1.807, 2.05) is 0 Å². The maximum absolute atomic E-state index is 2.47. The van der Waals surface area contributed by atoms with E-state index < -0.39 is 0 Å². The van der Waals surface area contributed by atoms with Crippen molar-refractivity contribution in [2.75, 3.05) is 4.90 Å². The molecule has 12 rings (SSSR count). The lowest BCUT2D eigenvalue weighted by atomic mass is 9.93. The van der Waals surface area contributed by atoms with Crippen molar-refractivity contribution in [1.82, 2.24) is 4.57 Å². The predicted molar refractivity (Wildman–Crippen MR) is 264 cm³/mol. The quantitative estimate of drug-likeness (QED) is 0.146. The summed E-state index contributed by atoms with van der Waals surface area (Å²) in [4.78, 5) is 2.43. The normalized spacial score (nSPS) is 11.5. The highest BCUT2D eigenvalue weighted by Crippen LogP contribution is 2.46. The van der Waals surface area contributed by atoms with Crippen molar-refractivity contribution < 1.29 is 0 Å². The molecule has 0 fully saturated rings. The molecule has 1 aromatic heterocycles. The SMILES string of the molecule is c1ccc(-c2ccccc2N(c2ccc(-c3cc4ccccc4c4ccccc34)cc2)c2ccc(-n3c4ccccc4c4c5ccccc5ccc43)c(-c3ccccc3)c2)cc1. The summed E-state index contributed by atoms with van der Waals surface area (Å²) in [6.07, 6.45) is 0. The highest BCUT2D eigenvalue weighted by atomic mass is 15.1. The number of hydrogen-bond donors (Lipinski definition) is 0. The van der Waals surface area contributed by atoms with Crippen molar-refractivity contribution in [1.29, 1.82) is 0 Å². The van der Waals surface area contributed by atoms with Gasteiger partial charge in [-0.3, -0.25) is 0 Å². The predicted octanol–water partition coefficient (Wildman–Crippen LogP) is 16.7. The van der Waals surface area contributed by atoms with Crippen molar-refractivity contribution in [2.45, 2.75) is 0 Å². The lowest BCUT2D eigenvalue weighted by Gasteiger charge is -2.29. The summed E-state index contributed by atoms with van der Waals surface area (Å²) < 4.78 is 2.47. The summed E-state index contributed by atoms with van der Waals surface area (Å²) in [6, 6.07) is 88.5. The minimum atomic E-state index is 1.08. The van der Waals surface area contributed by atoms with Gasteiger partial charge in [0, 0.05) is 33.3 Å². The standard InChI is InChI=1S/C60H40N2/c1-3-17-41(18-4-1)49-24-13-15-29-56(49)61(46-34-31-44(32-35-46)54-39-45-22-8-9-23-48(45)51-26-11-12-27-52(51)54)47-36-38-58(55(40-47)42-19-5-2-6-20-42)62-57-30-16-14-28-53(57)60-50-25-10-7-21-43(50)33-37-59(60)62/h1-40H. The van der Waals surface area contributed by atoms with Gasteiger partial charge in [-0.1, -0.05) is 188 Å². The fourth-order valence-electron chi connectivity index (χ4n) is 9.75. The smallest absolute Gasteiger partial charge is 0.0547 e. The third-order valence-electron chi connectivity index (χ3n) is 12.6. The first-order valence-corrected chi connectivity index (χ1v) is 21.3. The number of anilines is 3. The largest absolute Gasteiger partial charge is 0.310 e. The molecule has 1 heterocycles. The molecule has 2 nitrogen and oxygen atoms in total. The Bertz CT molecular complexity index is 3620. The van der Waals surface area contributed by atoms with Crippen LogP contribution in [0.1, 0.15) is 0 Å². The van der Waals surface area contributed by atoms with E-state index in [4.69, 9.17) is 0 Å². The number of aromatic nitrogens is 1. The average molecular weight is 789 g/mol. The Morgan fingerprint density at radius 3 is 1.63 bits per heavy atom. The van der Waals surface area contributed by atoms with E-state index in [1.165, 1.54) is 70.8 Å². The van der Waals surface area contributed by atoms with Gasteiger partial charge in [0.15, 0.2) is 0 Å². The number of nitrogens with zero attached hydrogens (tertiary/aromatic N) is 2. The number of hydrogen-bond acceptors (Lipinski definition) is 1. The zero-order chi connectivity index (χ0) is 41.0. The van der Waals surface area contributed by atoms with Gasteiger partial charge in [0.1, 0.15) is 0 Å². The van der Waals surface area contributed by atoms with Crippen LogP contribution in [0, 0.1) is 0 Å². The van der Waals surface area contributed by atoms with Gasteiger partial charge in [-0.2, -0.15) is 0 Å². The molecular weight excluding hydrogens is 749 g/mol. The van der Waals surface area contributed by atoms with E-state index in [0.29, 0.717) is 0 Å². The Kier molecular flexibility index (Phi) is 8.53. The molecule has 12 aromatic rings. The lowest BCUT2D eigenvalue weighted by Crippen LogP contribution is -2.12. The van der Waals surface area contributed by atoms with Gasteiger partial charge >= 0.3 is 0 Å². The van der Waals surface area contributed by atoms with Crippen molar-refractivity contribution >= 4 is 71.2 Å². The van der Waals surface area contributed by atoms with Crippen LogP contribution in [0.3, 0.4) is 0 Å². The fourth-order valence-corrected chi connectivity index (χ4v) is 9.75. The van der Waals surface area contributed by atoms with Crippen LogP contribution in [-0.2, 0) is 0 Å². The minimum Gasteiger partial charge on any atom is -0.310 e. The van der Waals surface area contributed by atoms with Gasteiger partial charge in [0.2, 0.25) is 0 Å². The molecule has 0 unspecified atom stereocenters. The molecule has 0 aliphatic heterocycles. The maximum atomic E-state index is 2.47. The molecule has 0 N–H and O–H groups in total. The molecule has 2 heteroatoms. The molecule has 0 atom stereocenters. The van der Waals surface area contributed by atoms with Crippen LogP contribution in [0.4, 0.5) is 17.1 Å². The highest BCUT2D eigenvalue weighted by Gasteiger charge is 2.22. The van der Waals surface area contributed by atoms with Gasteiger partial charge in [0.05, 0.1) is 22.4 Å². The molecule has 290 valence electrons. The van der Waals surface area contributed by atoms with E-state index in [-0.39, 0.29) is 0 Å². The second-order valence-electron chi connectivity index (χ2n) is 16.1. The van der Waals surface area contributed by atoms with Crippen LogP contribution in [0.2, 0.25) is 0 Å². The Morgan fingerprint density at radius 2 is 0.855 bits per heavy atom. The molecule has 0 amide bonds. The number of para-hydroxylation sites is 2. The first-order valence-electron chi connectivity index (χ1n) is 21.3. The molecular formula is C60H40N2. The Balaban J connectivity index is 1.09. The van der Waals surface area contributed by atoms with Crippen LogP contribution in [0.15, 0.2) is 243 Å². The van der Waals surface area contributed by atoms with Gasteiger partial charge in [-0.15, -0.1) is 0 Å². The van der Waals surface area contributed by atoms with Gasteiger partial charge in [-0.05, 0) is 109 Å². The summed E-state index contributed by atoms with van der Waals surface area (Å²) >= 11 is 0. The molecule has 0 saturated carbocycles. The van der Waals surface area contributed by atoms with E-state index in [1.54, 1.807) is 0 Å². The molecule has 0 radical (unpaired) electrons. The zero-order valence-corrected chi connectivity index (χ0v) is 34.0. The van der Waals surface area contributed by atoms with Crippen molar-refractivity contribution in [3.63, 3.8) is 0 Å². The van der Waals surface area contributed by atoms with Crippen LogP contribution in [0.25, 0.3) is 93.2 Å². The monoisotopic (exact) mass is 788 g/mol. The van der Waals surface area contributed by atoms with E-state index in [0.717, 1.165) is 39.4 Å². The molecule has 62 heavy (non-hydrogen) atoms. The first kappa shape index (κ1) is 35.7. The first-order chi connectivity index (χ1) is 30.8. The van der Waals surface area contributed by atoms with Gasteiger partial charge in [-0.25, -0.2) is 0 Å². The molecule has 0 spiro atoms. The lowest BCUT2D eigenvalue weighted by molar-refractivity contribution is 1.18. The van der Waals surface area contributed by atoms with Crippen LogP contribution in [0.5, 0.6) is 0 Å². The molecule has 0 saturated heterocycles. The van der Waals surface area contributed by atoms with E-state index >= 15 is 0 Å². The molecule has 11 aromatic carbocycles. The molecule has 0 aliphatic rings. The second kappa shape index (κ2) is 14.8. The topological polar surface area (TPSA) is 8.17 Å². The third-order valence-corrected chi connectivity index (χ3v) is 12.6. The van der Waals surface area contributed by atoms with Crippen molar-refractivity contribution in [2.24, 2.45) is 0 Å². The Morgan fingerprint density at radius 1 is 0.290 bits per heavy atom. The molecule has 0 aliphatic carbocycles. The van der Waals surface area contributed by atoms with Crippen molar-refractivity contribution in [3.05, 3.63) is 243 Å². The summed E-state index contributed by atoms with van der Waals surface area (Å²) in [7, 11) is 0. The Hall–Kier alpha value is -8.20.